The molecule has 0 bridgehead atoms. The van der Waals surface area contributed by atoms with Crippen LogP contribution >= 0.6 is 12.4 Å². The van der Waals surface area contributed by atoms with E-state index in [1.807, 2.05) is 0 Å². The Bertz CT molecular complexity index is 267. The lowest BCUT2D eigenvalue weighted by molar-refractivity contribution is 0.112. The van der Waals surface area contributed by atoms with Crippen LogP contribution in [0.5, 0.6) is 0 Å². The Hall–Kier alpha value is -0.570. The first-order valence-corrected chi connectivity index (χ1v) is 4.80. The van der Waals surface area contributed by atoms with Crippen LogP contribution < -0.4 is 5.73 Å². The van der Waals surface area contributed by atoms with Gasteiger partial charge in [0.15, 0.2) is 0 Å². The maximum Gasteiger partial charge on any atom is 0.0825 e. The van der Waals surface area contributed by atoms with E-state index in [1.54, 1.807) is 0 Å². The molecule has 1 saturated heterocycles. The van der Waals surface area contributed by atoms with E-state index in [0.717, 1.165) is 13.0 Å². The van der Waals surface area contributed by atoms with E-state index < -0.39 is 0 Å². The number of halogens is 1. The minimum atomic E-state index is 0. The van der Waals surface area contributed by atoms with Crippen molar-refractivity contribution in [3.63, 3.8) is 0 Å². The SMILES string of the molecule is Cl.NCc1ccc(C2CCCO2)cc1. The van der Waals surface area contributed by atoms with Crippen LogP contribution in [-0.2, 0) is 11.3 Å². The summed E-state index contributed by atoms with van der Waals surface area (Å²) in [6, 6.07) is 8.41. The second kappa shape index (κ2) is 5.35. The van der Waals surface area contributed by atoms with Crippen LogP contribution in [0.1, 0.15) is 30.1 Å². The monoisotopic (exact) mass is 213 g/mol. The first kappa shape index (κ1) is 11.5. The van der Waals surface area contributed by atoms with E-state index in [0.29, 0.717) is 12.6 Å². The van der Waals surface area contributed by atoms with E-state index >= 15 is 0 Å². The lowest BCUT2D eigenvalue weighted by Crippen LogP contribution is -1.98. The van der Waals surface area contributed by atoms with Gasteiger partial charge in [-0.2, -0.15) is 0 Å². The van der Waals surface area contributed by atoms with Crippen molar-refractivity contribution in [2.24, 2.45) is 5.73 Å². The van der Waals surface area contributed by atoms with Crippen molar-refractivity contribution < 1.29 is 4.74 Å². The van der Waals surface area contributed by atoms with Crippen molar-refractivity contribution in [2.45, 2.75) is 25.5 Å². The fourth-order valence-electron chi connectivity index (χ4n) is 1.71. The molecule has 78 valence electrons. The van der Waals surface area contributed by atoms with Crippen molar-refractivity contribution in [3.8, 4) is 0 Å². The number of ether oxygens (including phenoxy) is 1. The van der Waals surface area contributed by atoms with Crippen LogP contribution in [0, 0.1) is 0 Å². The summed E-state index contributed by atoms with van der Waals surface area (Å²) in [7, 11) is 0. The third-order valence-electron chi connectivity index (χ3n) is 2.52. The fraction of sp³-hybridized carbons (Fsp3) is 0.455. The average molecular weight is 214 g/mol. The average Bonchev–Trinajstić information content (AvgIpc) is 2.71. The molecule has 1 aliphatic heterocycles. The standard InChI is InChI=1S/C11H15NO.ClH/c12-8-9-3-5-10(6-4-9)11-2-1-7-13-11;/h3-6,11H,1-2,7-8,12H2;1H. The summed E-state index contributed by atoms with van der Waals surface area (Å²) in [6.45, 7) is 1.52. The molecule has 0 radical (unpaired) electrons. The van der Waals surface area contributed by atoms with Crippen molar-refractivity contribution in [2.75, 3.05) is 6.61 Å². The summed E-state index contributed by atoms with van der Waals surface area (Å²) in [5.74, 6) is 0. The van der Waals surface area contributed by atoms with Crippen LogP contribution in [0.2, 0.25) is 0 Å². The van der Waals surface area contributed by atoms with Gasteiger partial charge >= 0.3 is 0 Å². The maximum absolute atomic E-state index is 5.58. The largest absolute Gasteiger partial charge is 0.374 e. The van der Waals surface area contributed by atoms with Gasteiger partial charge in [-0.3, -0.25) is 0 Å². The first-order chi connectivity index (χ1) is 6.40. The molecular formula is C11H16ClNO. The molecule has 0 saturated carbocycles. The second-order valence-corrected chi connectivity index (χ2v) is 3.45. The summed E-state index contributed by atoms with van der Waals surface area (Å²) >= 11 is 0. The third-order valence-corrected chi connectivity index (χ3v) is 2.52. The Morgan fingerprint density at radius 2 is 2.00 bits per heavy atom. The normalized spacial score (nSPS) is 20.5. The van der Waals surface area contributed by atoms with Gasteiger partial charge in [-0.05, 0) is 24.0 Å². The van der Waals surface area contributed by atoms with E-state index in [4.69, 9.17) is 10.5 Å². The molecule has 1 unspecified atom stereocenters. The molecule has 1 heterocycles. The Morgan fingerprint density at radius 3 is 2.50 bits per heavy atom. The van der Waals surface area contributed by atoms with Crippen molar-refractivity contribution in [1.82, 2.24) is 0 Å². The molecule has 2 rings (SSSR count). The molecule has 1 atom stereocenters. The number of nitrogens with two attached hydrogens (primary N) is 1. The van der Waals surface area contributed by atoms with E-state index in [1.165, 1.54) is 17.5 Å². The van der Waals surface area contributed by atoms with Crippen LogP contribution in [0.25, 0.3) is 0 Å². The Morgan fingerprint density at radius 1 is 1.29 bits per heavy atom. The molecule has 0 aromatic heterocycles. The minimum absolute atomic E-state index is 0. The van der Waals surface area contributed by atoms with Crippen LogP contribution in [0.15, 0.2) is 24.3 Å². The molecule has 1 fully saturated rings. The molecule has 0 aliphatic carbocycles. The van der Waals surface area contributed by atoms with E-state index in [2.05, 4.69) is 24.3 Å². The van der Waals surface area contributed by atoms with Crippen molar-refractivity contribution in [1.29, 1.82) is 0 Å². The number of benzene rings is 1. The van der Waals surface area contributed by atoms with Crippen molar-refractivity contribution >= 4 is 12.4 Å². The smallest absolute Gasteiger partial charge is 0.0825 e. The van der Waals surface area contributed by atoms with Gasteiger partial charge in [-0.15, -0.1) is 12.4 Å². The second-order valence-electron chi connectivity index (χ2n) is 3.45. The van der Waals surface area contributed by atoms with Gasteiger partial charge in [0, 0.05) is 13.2 Å². The fourth-order valence-corrected chi connectivity index (χ4v) is 1.71. The zero-order valence-corrected chi connectivity index (χ0v) is 8.93. The molecule has 14 heavy (non-hydrogen) atoms. The molecule has 1 aromatic carbocycles. The summed E-state index contributed by atoms with van der Waals surface area (Å²) < 4.78 is 5.58. The number of hydrogen-bond donors (Lipinski definition) is 1. The molecule has 3 heteroatoms. The summed E-state index contributed by atoms with van der Waals surface area (Å²) in [4.78, 5) is 0. The van der Waals surface area contributed by atoms with Gasteiger partial charge in [0.05, 0.1) is 6.10 Å². The lowest BCUT2D eigenvalue weighted by atomic mass is 10.1. The molecule has 1 aliphatic rings. The molecule has 0 spiro atoms. The summed E-state index contributed by atoms with van der Waals surface area (Å²) in [5.41, 5.74) is 7.99. The molecular weight excluding hydrogens is 198 g/mol. The lowest BCUT2D eigenvalue weighted by Gasteiger charge is -2.09. The van der Waals surface area contributed by atoms with Gasteiger partial charge < -0.3 is 10.5 Å². The van der Waals surface area contributed by atoms with Gasteiger partial charge in [0.1, 0.15) is 0 Å². The van der Waals surface area contributed by atoms with Gasteiger partial charge in [0.25, 0.3) is 0 Å². The van der Waals surface area contributed by atoms with E-state index in [-0.39, 0.29) is 12.4 Å². The highest BCUT2D eigenvalue weighted by molar-refractivity contribution is 5.85. The number of hydrogen-bond acceptors (Lipinski definition) is 2. The molecule has 0 amide bonds. The molecule has 2 nitrogen and oxygen atoms in total. The van der Waals surface area contributed by atoms with Crippen LogP contribution in [0.3, 0.4) is 0 Å². The van der Waals surface area contributed by atoms with Gasteiger partial charge in [-0.25, -0.2) is 0 Å². The van der Waals surface area contributed by atoms with Gasteiger partial charge in [0.2, 0.25) is 0 Å². The van der Waals surface area contributed by atoms with E-state index in [9.17, 15) is 0 Å². The van der Waals surface area contributed by atoms with Gasteiger partial charge in [-0.1, -0.05) is 24.3 Å². The Kier molecular flexibility index (Phi) is 4.39. The zero-order valence-electron chi connectivity index (χ0n) is 8.11. The third kappa shape index (κ3) is 2.47. The Balaban J connectivity index is 0.000000980. The quantitative estimate of drug-likeness (QED) is 0.819. The number of rotatable bonds is 2. The predicted octanol–water partition coefficient (Wildman–Crippen LogP) is 2.42. The van der Waals surface area contributed by atoms with Crippen LogP contribution in [0.4, 0.5) is 0 Å². The predicted molar refractivity (Wildman–Crippen MR) is 59.5 cm³/mol. The highest BCUT2D eigenvalue weighted by Crippen LogP contribution is 2.28. The summed E-state index contributed by atoms with van der Waals surface area (Å²) in [6.07, 6.45) is 2.66. The molecule has 1 aromatic rings. The Labute approximate surface area is 90.9 Å². The van der Waals surface area contributed by atoms with Crippen molar-refractivity contribution in [3.05, 3.63) is 35.4 Å². The first-order valence-electron chi connectivity index (χ1n) is 4.80. The topological polar surface area (TPSA) is 35.2 Å². The molecule has 2 N–H and O–H groups in total. The zero-order chi connectivity index (χ0) is 9.10. The highest BCUT2D eigenvalue weighted by atomic mass is 35.5. The summed E-state index contributed by atoms with van der Waals surface area (Å²) in [5, 5.41) is 0. The minimum Gasteiger partial charge on any atom is -0.374 e. The maximum atomic E-state index is 5.58. The van der Waals surface area contributed by atoms with Crippen LogP contribution in [-0.4, -0.2) is 6.61 Å². The highest BCUT2D eigenvalue weighted by Gasteiger charge is 2.16.